The minimum absolute atomic E-state index is 0.0914. The highest BCUT2D eigenvalue weighted by atomic mass is 16.5. The molecule has 4 N–H and O–H groups in total. The van der Waals surface area contributed by atoms with E-state index in [-0.39, 0.29) is 18.6 Å². The lowest BCUT2D eigenvalue weighted by atomic mass is 10.2. The van der Waals surface area contributed by atoms with E-state index in [1.807, 2.05) is 25.1 Å². The van der Waals surface area contributed by atoms with E-state index in [0.29, 0.717) is 0 Å². The maximum atomic E-state index is 11.2. The number of benzene rings is 1. The van der Waals surface area contributed by atoms with Gasteiger partial charge in [0.2, 0.25) is 0 Å². The Bertz CT molecular complexity index is 432. The Labute approximate surface area is 107 Å². The summed E-state index contributed by atoms with van der Waals surface area (Å²) in [5, 5.41) is 6.09. The maximum Gasteiger partial charge on any atom is 0.262 e. The zero-order valence-electron chi connectivity index (χ0n) is 10.5. The predicted octanol–water partition coefficient (Wildman–Crippen LogP) is 1.56. The number of hydrogen-bond donors (Lipinski definition) is 3. The van der Waals surface area contributed by atoms with Gasteiger partial charge in [0.15, 0.2) is 6.61 Å². The lowest BCUT2D eigenvalue weighted by Gasteiger charge is -2.19. The molecule has 1 atom stereocenters. The third-order valence-corrected chi connectivity index (χ3v) is 2.78. The first-order valence-corrected chi connectivity index (χ1v) is 6.21. The Hall–Kier alpha value is -1.75. The van der Waals surface area contributed by atoms with E-state index in [1.54, 1.807) is 0 Å². The predicted molar refractivity (Wildman–Crippen MR) is 71.9 cm³/mol. The number of anilines is 2. The van der Waals surface area contributed by atoms with Gasteiger partial charge in [-0.15, -0.1) is 0 Å². The first-order valence-electron chi connectivity index (χ1n) is 6.21. The molecule has 5 nitrogen and oxygen atoms in total. The van der Waals surface area contributed by atoms with Crippen molar-refractivity contribution in [1.82, 2.24) is 0 Å². The van der Waals surface area contributed by atoms with Crippen LogP contribution in [0.25, 0.3) is 0 Å². The Morgan fingerprint density at radius 2 is 2.39 bits per heavy atom. The molecule has 0 saturated carbocycles. The fourth-order valence-electron chi connectivity index (χ4n) is 1.85. The zero-order valence-corrected chi connectivity index (χ0v) is 10.5. The van der Waals surface area contributed by atoms with E-state index >= 15 is 0 Å². The van der Waals surface area contributed by atoms with Crippen molar-refractivity contribution in [3.05, 3.63) is 18.2 Å². The van der Waals surface area contributed by atoms with Gasteiger partial charge in [-0.2, -0.15) is 0 Å². The van der Waals surface area contributed by atoms with Crippen LogP contribution in [-0.2, 0) is 4.79 Å². The summed E-state index contributed by atoms with van der Waals surface area (Å²) in [7, 11) is 0. The summed E-state index contributed by atoms with van der Waals surface area (Å²) >= 11 is 0. The highest BCUT2D eigenvalue weighted by molar-refractivity contribution is 5.95. The quantitative estimate of drug-likeness (QED) is 0.692. The summed E-state index contributed by atoms with van der Waals surface area (Å²) in [6.45, 7) is 2.97. The van der Waals surface area contributed by atoms with Gasteiger partial charge < -0.3 is 21.1 Å². The van der Waals surface area contributed by atoms with E-state index in [1.165, 1.54) is 0 Å². The number of carbonyl (C=O) groups is 1. The van der Waals surface area contributed by atoms with Gasteiger partial charge in [0.1, 0.15) is 5.75 Å². The molecule has 1 aromatic rings. The molecule has 1 aliphatic heterocycles. The number of nitrogens with one attached hydrogen (secondary N) is 2. The maximum absolute atomic E-state index is 11.2. The van der Waals surface area contributed by atoms with Crippen molar-refractivity contribution >= 4 is 17.3 Å². The molecule has 18 heavy (non-hydrogen) atoms. The Balaban J connectivity index is 1.90. The van der Waals surface area contributed by atoms with Gasteiger partial charge in [-0.25, -0.2) is 0 Å². The van der Waals surface area contributed by atoms with Gasteiger partial charge in [-0.3, -0.25) is 4.79 Å². The first-order chi connectivity index (χ1) is 8.65. The third-order valence-electron chi connectivity index (χ3n) is 2.78. The standard InChI is InChI=1S/C13H19N3O2/c1-9(14)3-2-6-15-10-4-5-12-11(7-10)16-13(17)8-18-12/h4-5,7,9,15H,2-3,6,8,14H2,1H3,(H,16,17). The van der Waals surface area contributed by atoms with Crippen molar-refractivity contribution in [3.63, 3.8) is 0 Å². The average molecular weight is 249 g/mol. The number of rotatable bonds is 5. The monoisotopic (exact) mass is 249 g/mol. The Morgan fingerprint density at radius 1 is 1.56 bits per heavy atom. The number of amides is 1. The van der Waals surface area contributed by atoms with Crippen molar-refractivity contribution in [2.45, 2.75) is 25.8 Å². The summed E-state index contributed by atoms with van der Waals surface area (Å²) in [6.07, 6.45) is 2.02. The van der Waals surface area contributed by atoms with Crippen LogP contribution in [-0.4, -0.2) is 25.1 Å². The van der Waals surface area contributed by atoms with E-state index < -0.39 is 0 Å². The Kier molecular flexibility index (Phi) is 4.04. The lowest BCUT2D eigenvalue weighted by Crippen LogP contribution is -2.25. The Morgan fingerprint density at radius 3 is 3.17 bits per heavy atom. The van der Waals surface area contributed by atoms with Crippen molar-refractivity contribution in [2.75, 3.05) is 23.8 Å². The van der Waals surface area contributed by atoms with Crippen molar-refractivity contribution in [3.8, 4) is 5.75 Å². The molecule has 0 spiro atoms. The molecular weight excluding hydrogens is 230 g/mol. The zero-order chi connectivity index (χ0) is 13.0. The largest absolute Gasteiger partial charge is 0.482 e. The number of fused-ring (bicyclic) bond motifs is 1. The van der Waals surface area contributed by atoms with Crippen LogP contribution < -0.4 is 21.1 Å². The van der Waals surface area contributed by atoms with Crippen LogP contribution in [0.5, 0.6) is 5.75 Å². The minimum atomic E-state index is -0.114. The second-order valence-corrected chi connectivity index (χ2v) is 4.59. The highest BCUT2D eigenvalue weighted by Crippen LogP contribution is 2.30. The summed E-state index contributed by atoms with van der Waals surface area (Å²) in [6, 6.07) is 5.94. The summed E-state index contributed by atoms with van der Waals surface area (Å²) in [5.74, 6) is 0.604. The van der Waals surface area contributed by atoms with Crippen LogP contribution in [0, 0.1) is 0 Å². The number of carbonyl (C=O) groups excluding carboxylic acids is 1. The fourth-order valence-corrected chi connectivity index (χ4v) is 1.85. The van der Waals surface area contributed by atoms with E-state index in [2.05, 4.69) is 10.6 Å². The van der Waals surface area contributed by atoms with Crippen molar-refractivity contribution in [2.24, 2.45) is 5.73 Å². The van der Waals surface area contributed by atoms with Gasteiger partial charge in [0, 0.05) is 18.3 Å². The molecule has 1 aromatic carbocycles. The molecule has 1 heterocycles. The molecule has 0 bridgehead atoms. The molecule has 0 fully saturated rings. The van der Waals surface area contributed by atoms with Crippen LogP contribution in [0.2, 0.25) is 0 Å². The molecule has 5 heteroatoms. The molecule has 98 valence electrons. The lowest BCUT2D eigenvalue weighted by molar-refractivity contribution is -0.118. The second kappa shape index (κ2) is 5.73. The second-order valence-electron chi connectivity index (χ2n) is 4.59. The van der Waals surface area contributed by atoms with Crippen LogP contribution >= 0.6 is 0 Å². The summed E-state index contributed by atoms with van der Waals surface area (Å²) < 4.78 is 5.29. The summed E-state index contributed by atoms with van der Waals surface area (Å²) in [5.41, 5.74) is 7.39. The SMILES string of the molecule is CC(N)CCCNc1ccc2c(c1)NC(=O)CO2. The van der Waals surface area contributed by atoms with Gasteiger partial charge in [-0.1, -0.05) is 0 Å². The van der Waals surface area contributed by atoms with E-state index in [4.69, 9.17) is 10.5 Å². The molecule has 0 saturated heterocycles. The molecule has 2 rings (SSSR count). The van der Waals surface area contributed by atoms with Crippen LogP contribution in [0.3, 0.4) is 0 Å². The molecular formula is C13H19N3O2. The van der Waals surface area contributed by atoms with Crippen molar-refractivity contribution in [1.29, 1.82) is 0 Å². The van der Waals surface area contributed by atoms with Crippen LogP contribution in [0.1, 0.15) is 19.8 Å². The van der Waals surface area contributed by atoms with Crippen LogP contribution in [0.15, 0.2) is 18.2 Å². The van der Waals surface area contributed by atoms with Gasteiger partial charge in [-0.05, 0) is 38.0 Å². The minimum Gasteiger partial charge on any atom is -0.482 e. The topological polar surface area (TPSA) is 76.4 Å². The van der Waals surface area contributed by atoms with Crippen LogP contribution in [0.4, 0.5) is 11.4 Å². The van der Waals surface area contributed by atoms with Gasteiger partial charge in [0.05, 0.1) is 5.69 Å². The smallest absolute Gasteiger partial charge is 0.262 e. The third kappa shape index (κ3) is 3.37. The molecule has 1 amide bonds. The summed E-state index contributed by atoms with van der Waals surface area (Å²) in [4.78, 5) is 11.2. The number of hydrogen-bond acceptors (Lipinski definition) is 4. The molecule has 1 unspecified atom stereocenters. The van der Waals surface area contributed by atoms with E-state index in [9.17, 15) is 4.79 Å². The van der Waals surface area contributed by atoms with E-state index in [0.717, 1.165) is 36.5 Å². The fraction of sp³-hybridized carbons (Fsp3) is 0.462. The molecule has 0 radical (unpaired) electrons. The number of nitrogens with two attached hydrogens (primary N) is 1. The average Bonchev–Trinajstić information content (AvgIpc) is 2.34. The van der Waals surface area contributed by atoms with Gasteiger partial charge >= 0.3 is 0 Å². The normalized spacial score (nSPS) is 15.3. The van der Waals surface area contributed by atoms with Gasteiger partial charge in [0.25, 0.3) is 5.91 Å². The first kappa shape index (κ1) is 12.7. The molecule has 1 aliphatic rings. The molecule has 0 aliphatic carbocycles. The number of ether oxygens (including phenoxy) is 1. The molecule has 0 aromatic heterocycles. The highest BCUT2D eigenvalue weighted by Gasteiger charge is 2.15. The van der Waals surface area contributed by atoms with Crippen molar-refractivity contribution < 1.29 is 9.53 Å².